The Kier molecular flexibility index (Phi) is 6.46. The van der Waals surface area contributed by atoms with Crippen LogP contribution in [0.4, 0.5) is 5.69 Å². The minimum Gasteiger partial charge on any atom is -0.454 e. The summed E-state index contributed by atoms with van der Waals surface area (Å²) >= 11 is 0. The lowest BCUT2D eigenvalue weighted by molar-refractivity contribution is -0.116. The lowest BCUT2D eigenvalue weighted by atomic mass is 10.1. The van der Waals surface area contributed by atoms with E-state index < -0.39 is 0 Å². The number of hydrogen-bond acceptors (Lipinski definition) is 6. The van der Waals surface area contributed by atoms with E-state index in [9.17, 15) is 9.59 Å². The SMILES string of the molecule is O=C(CCN1CCOCC1)Nc1cccc(CNC(=O)c2cccc3c2OCO3)c1. The van der Waals surface area contributed by atoms with Gasteiger partial charge in [-0.2, -0.15) is 0 Å². The predicted molar refractivity (Wildman–Crippen MR) is 111 cm³/mol. The summed E-state index contributed by atoms with van der Waals surface area (Å²) in [7, 11) is 0. The van der Waals surface area contributed by atoms with E-state index in [0.29, 0.717) is 35.7 Å². The Labute approximate surface area is 175 Å². The number of nitrogens with zero attached hydrogens (tertiary/aromatic N) is 1. The van der Waals surface area contributed by atoms with Crippen molar-refractivity contribution >= 4 is 17.5 Å². The minimum absolute atomic E-state index is 0.0281. The molecule has 2 aromatic rings. The summed E-state index contributed by atoms with van der Waals surface area (Å²) in [5.41, 5.74) is 2.04. The summed E-state index contributed by atoms with van der Waals surface area (Å²) in [6.45, 7) is 4.35. The van der Waals surface area contributed by atoms with E-state index >= 15 is 0 Å². The number of para-hydroxylation sites is 1. The van der Waals surface area contributed by atoms with E-state index in [-0.39, 0.29) is 18.6 Å². The number of carbonyl (C=O) groups excluding carboxylic acids is 2. The number of nitrogens with one attached hydrogen (secondary N) is 2. The van der Waals surface area contributed by atoms with Crippen molar-refractivity contribution in [3.8, 4) is 11.5 Å². The summed E-state index contributed by atoms with van der Waals surface area (Å²) in [6, 6.07) is 12.7. The monoisotopic (exact) mass is 411 g/mol. The molecule has 0 saturated carbocycles. The molecule has 2 N–H and O–H groups in total. The van der Waals surface area contributed by atoms with Gasteiger partial charge in [0.15, 0.2) is 11.5 Å². The Bertz CT molecular complexity index is 911. The van der Waals surface area contributed by atoms with Gasteiger partial charge in [0.25, 0.3) is 5.91 Å². The van der Waals surface area contributed by atoms with Gasteiger partial charge in [-0.1, -0.05) is 18.2 Å². The first-order chi connectivity index (χ1) is 14.7. The highest BCUT2D eigenvalue weighted by Crippen LogP contribution is 2.35. The average molecular weight is 411 g/mol. The third-order valence-corrected chi connectivity index (χ3v) is 5.06. The zero-order valence-electron chi connectivity index (χ0n) is 16.7. The molecule has 0 bridgehead atoms. The first kappa shape index (κ1) is 20.2. The maximum Gasteiger partial charge on any atom is 0.255 e. The van der Waals surface area contributed by atoms with E-state index in [1.54, 1.807) is 18.2 Å². The predicted octanol–water partition coefficient (Wildman–Crippen LogP) is 2.01. The number of anilines is 1. The topological polar surface area (TPSA) is 89.1 Å². The Morgan fingerprint density at radius 1 is 1.03 bits per heavy atom. The molecule has 2 heterocycles. The molecule has 8 nitrogen and oxygen atoms in total. The molecule has 2 aliphatic rings. The van der Waals surface area contributed by atoms with Crippen molar-refractivity contribution in [2.24, 2.45) is 0 Å². The molecule has 4 rings (SSSR count). The molecule has 30 heavy (non-hydrogen) atoms. The smallest absolute Gasteiger partial charge is 0.255 e. The minimum atomic E-state index is -0.239. The summed E-state index contributed by atoms with van der Waals surface area (Å²) in [5.74, 6) is 0.776. The van der Waals surface area contributed by atoms with Gasteiger partial charge in [-0.25, -0.2) is 0 Å². The largest absolute Gasteiger partial charge is 0.454 e. The van der Waals surface area contributed by atoms with Gasteiger partial charge in [0.05, 0.1) is 18.8 Å². The molecule has 1 fully saturated rings. The number of amides is 2. The second-order valence-corrected chi connectivity index (χ2v) is 7.17. The Morgan fingerprint density at radius 3 is 2.73 bits per heavy atom. The number of rotatable bonds is 7. The fraction of sp³-hybridized carbons (Fsp3) is 0.364. The Hall–Kier alpha value is -3.10. The molecule has 0 atom stereocenters. The van der Waals surface area contributed by atoms with Gasteiger partial charge in [0.2, 0.25) is 12.7 Å². The number of hydrogen-bond donors (Lipinski definition) is 2. The van der Waals surface area contributed by atoms with E-state index in [1.807, 2.05) is 24.3 Å². The highest BCUT2D eigenvalue weighted by atomic mass is 16.7. The van der Waals surface area contributed by atoms with Crippen LogP contribution in [0.3, 0.4) is 0 Å². The van der Waals surface area contributed by atoms with Gasteiger partial charge >= 0.3 is 0 Å². The molecule has 158 valence electrons. The van der Waals surface area contributed by atoms with Crippen LogP contribution >= 0.6 is 0 Å². The molecule has 0 radical (unpaired) electrons. The van der Waals surface area contributed by atoms with E-state index in [4.69, 9.17) is 14.2 Å². The van der Waals surface area contributed by atoms with Crippen molar-refractivity contribution in [2.45, 2.75) is 13.0 Å². The van der Waals surface area contributed by atoms with Crippen molar-refractivity contribution in [2.75, 3.05) is 45.0 Å². The quantitative estimate of drug-likeness (QED) is 0.725. The van der Waals surface area contributed by atoms with Crippen LogP contribution in [0.1, 0.15) is 22.3 Å². The molecular formula is C22H25N3O5. The maximum atomic E-state index is 12.5. The molecule has 8 heteroatoms. The third kappa shape index (κ3) is 5.08. The van der Waals surface area contributed by atoms with Gasteiger partial charge in [-0.3, -0.25) is 14.5 Å². The number of morpholine rings is 1. The van der Waals surface area contributed by atoms with Gasteiger partial charge < -0.3 is 24.8 Å². The molecule has 0 spiro atoms. The van der Waals surface area contributed by atoms with Gasteiger partial charge in [-0.05, 0) is 29.8 Å². The molecule has 0 aromatic heterocycles. The highest BCUT2D eigenvalue weighted by molar-refractivity contribution is 5.98. The molecule has 2 amide bonds. The first-order valence-corrected chi connectivity index (χ1v) is 10.0. The molecule has 0 unspecified atom stereocenters. The number of fused-ring (bicyclic) bond motifs is 1. The van der Waals surface area contributed by atoms with Crippen LogP contribution in [0.2, 0.25) is 0 Å². The lowest BCUT2D eigenvalue weighted by Crippen LogP contribution is -2.38. The van der Waals surface area contributed by atoms with Crippen LogP contribution in [0.5, 0.6) is 11.5 Å². The van der Waals surface area contributed by atoms with Gasteiger partial charge in [0.1, 0.15) is 0 Å². The normalized spacial score (nSPS) is 15.6. The zero-order chi connectivity index (χ0) is 20.8. The van der Waals surface area contributed by atoms with Crippen LogP contribution in [-0.4, -0.2) is 56.4 Å². The van der Waals surface area contributed by atoms with E-state index in [2.05, 4.69) is 15.5 Å². The molecule has 0 aliphatic carbocycles. The Balaban J connectivity index is 1.28. The summed E-state index contributed by atoms with van der Waals surface area (Å²) in [4.78, 5) is 27.0. The standard InChI is InChI=1S/C22H25N3O5/c26-20(7-8-25-9-11-28-12-10-25)24-17-4-1-3-16(13-17)14-23-22(27)18-5-2-6-19-21(18)30-15-29-19/h1-6,13H,7-12,14-15H2,(H,23,27)(H,24,26). The van der Waals surface area contributed by atoms with Crippen LogP contribution in [0.25, 0.3) is 0 Å². The van der Waals surface area contributed by atoms with Crippen LogP contribution in [0.15, 0.2) is 42.5 Å². The maximum absolute atomic E-state index is 12.5. The van der Waals surface area contributed by atoms with Crippen LogP contribution in [0, 0.1) is 0 Å². The molecular weight excluding hydrogens is 386 g/mol. The zero-order valence-corrected chi connectivity index (χ0v) is 16.7. The summed E-state index contributed by atoms with van der Waals surface area (Å²) in [6.07, 6.45) is 0.433. The lowest BCUT2D eigenvalue weighted by Gasteiger charge is -2.26. The fourth-order valence-electron chi connectivity index (χ4n) is 3.45. The second-order valence-electron chi connectivity index (χ2n) is 7.17. The highest BCUT2D eigenvalue weighted by Gasteiger charge is 2.21. The van der Waals surface area contributed by atoms with Crippen molar-refractivity contribution in [3.05, 3.63) is 53.6 Å². The van der Waals surface area contributed by atoms with Gasteiger partial charge in [-0.15, -0.1) is 0 Å². The fourth-order valence-corrected chi connectivity index (χ4v) is 3.45. The van der Waals surface area contributed by atoms with E-state index in [1.165, 1.54) is 0 Å². The summed E-state index contributed by atoms with van der Waals surface area (Å²) in [5, 5.41) is 5.82. The summed E-state index contributed by atoms with van der Waals surface area (Å²) < 4.78 is 16.0. The second kappa shape index (κ2) is 9.60. The number of carbonyl (C=O) groups is 2. The van der Waals surface area contributed by atoms with Crippen molar-refractivity contribution < 1.29 is 23.8 Å². The van der Waals surface area contributed by atoms with Crippen LogP contribution in [-0.2, 0) is 16.1 Å². The van der Waals surface area contributed by atoms with Crippen molar-refractivity contribution in [3.63, 3.8) is 0 Å². The van der Waals surface area contributed by atoms with Gasteiger partial charge in [0, 0.05) is 38.3 Å². The van der Waals surface area contributed by atoms with Crippen LogP contribution < -0.4 is 20.1 Å². The van der Waals surface area contributed by atoms with E-state index in [0.717, 1.165) is 38.4 Å². The van der Waals surface area contributed by atoms with Crippen molar-refractivity contribution in [1.29, 1.82) is 0 Å². The molecule has 2 aliphatic heterocycles. The van der Waals surface area contributed by atoms with Crippen molar-refractivity contribution in [1.82, 2.24) is 10.2 Å². The molecule has 1 saturated heterocycles. The number of benzene rings is 2. The number of ether oxygens (including phenoxy) is 3. The average Bonchev–Trinajstić information content (AvgIpc) is 3.26. The Morgan fingerprint density at radius 2 is 1.87 bits per heavy atom. The first-order valence-electron chi connectivity index (χ1n) is 10.0. The molecule has 2 aromatic carbocycles. The third-order valence-electron chi connectivity index (χ3n) is 5.06.